The summed E-state index contributed by atoms with van der Waals surface area (Å²) in [5.74, 6) is -0.142. The van der Waals surface area contributed by atoms with E-state index in [1.165, 1.54) is 6.20 Å². The molecule has 2 aromatic rings. The smallest absolute Gasteiger partial charge is 0.280 e. The van der Waals surface area contributed by atoms with Crippen LogP contribution in [0.15, 0.2) is 41.5 Å². The highest BCUT2D eigenvalue weighted by Gasteiger charge is 2.19. The van der Waals surface area contributed by atoms with Gasteiger partial charge in [0.25, 0.3) is 5.91 Å². The van der Waals surface area contributed by atoms with E-state index in [-0.39, 0.29) is 11.9 Å². The molecule has 1 aliphatic rings. The Kier molecular flexibility index (Phi) is 1.98. The molecule has 1 aliphatic heterocycles. The number of rotatable bonds is 1. The Morgan fingerprint density at radius 1 is 1.12 bits per heavy atom. The maximum atomic E-state index is 11.8. The zero-order valence-electron chi connectivity index (χ0n) is 8.79. The molecule has 1 aromatic heterocycles. The van der Waals surface area contributed by atoms with Crippen molar-refractivity contribution in [1.29, 1.82) is 0 Å². The number of nitrogens with two attached hydrogens (primary N) is 1. The van der Waals surface area contributed by atoms with Crippen molar-refractivity contribution in [3.05, 3.63) is 52.8 Å². The summed E-state index contributed by atoms with van der Waals surface area (Å²) in [6.07, 6.45) is 1.53. The predicted octanol–water partition coefficient (Wildman–Crippen LogP) is -0.582. The molecule has 17 heavy (non-hydrogen) atoms. The molecule has 5 nitrogen and oxygen atoms in total. The molecule has 0 atom stereocenters. The summed E-state index contributed by atoms with van der Waals surface area (Å²) in [6.45, 7) is 0. The summed E-state index contributed by atoms with van der Waals surface area (Å²) in [4.78, 5) is 23.7. The first-order valence-corrected chi connectivity index (χ1v) is 5.07. The minimum atomic E-state index is -0.288. The monoisotopic (exact) mass is 224 g/mol. The molecule has 2 N–H and O–H groups in total. The van der Waals surface area contributed by atoms with Crippen molar-refractivity contribution in [3.63, 3.8) is 0 Å². The van der Waals surface area contributed by atoms with Crippen LogP contribution in [0.2, 0.25) is 0 Å². The maximum Gasteiger partial charge on any atom is 0.280 e. The third kappa shape index (κ3) is 1.48. The van der Waals surface area contributed by atoms with Gasteiger partial charge in [-0.1, -0.05) is 18.2 Å². The summed E-state index contributed by atoms with van der Waals surface area (Å²) in [5.41, 5.74) is 6.51. The number of anilines is 1. The molecule has 82 valence electrons. The average Bonchev–Trinajstić information content (AvgIpc) is 2.64. The fourth-order valence-electron chi connectivity index (χ4n) is 1.82. The molecule has 0 spiro atoms. The summed E-state index contributed by atoms with van der Waals surface area (Å²) >= 11 is 0. The van der Waals surface area contributed by atoms with Crippen molar-refractivity contribution in [2.45, 2.75) is 0 Å². The zero-order valence-corrected chi connectivity index (χ0v) is 8.79. The lowest BCUT2D eigenvalue weighted by Crippen LogP contribution is -2.22. The fraction of sp³-hybridized carbons (Fsp3) is 0. The molecule has 5 heteroatoms. The van der Waals surface area contributed by atoms with Gasteiger partial charge >= 0.3 is 0 Å². The van der Waals surface area contributed by atoms with Crippen LogP contribution in [0.3, 0.4) is 0 Å². The summed E-state index contributed by atoms with van der Waals surface area (Å²) < 4.78 is 0. The van der Waals surface area contributed by atoms with Crippen molar-refractivity contribution in [3.8, 4) is 0 Å². The third-order valence-corrected chi connectivity index (χ3v) is 2.54. The first kappa shape index (κ1) is 9.65. The van der Waals surface area contributed by atoms with Crippen molar-refractivity contribution >= 4 is 17.4 Å². The van der Waals surface area contributed by atoms with Crippen LogP contribution in [0.1, 0.15) is 5.69 Å². The van der Waals surface area contributed by atoms with E-state index in [1.54, 1.807) is 12.1 Å². The van der Waals surface area contributed by atoms with Gasteiger partial charge in [0.15, 0.2) is 0 Å². The Labute approximate surface area is 96.4 Å². The van der Waals surface area contributed by atoms with Gasteiger partial charge in [0.1, 0.15) is 0 Å². The van der Waals surface area contributed by atoms with Gasteiger partial charge in [0.2, 0.25) is 5.95 Å². The average molecular weight is 224 g/mol. The molecule has 1 aromatic carbocycles. The van der Waals surface area contributed by atoms with Gasteiger partial charge in [-0.25, -0.2) is 15.0 Å². The lowest BCUT2D eigenvalue weighted by Gasteiger charge is -1.99. The molecule has 0 radical (unpaired) electrons. The Bertz CT molecular complexity index is 736. The lowest BCUT2D eigenvalue weighted by molar-refractivity contribution is -0.112. The summed E-state index contributed by atoms with van der Waals surface area (Å²) in [7, 11) is 0. The second-order valence-corrected chi connectivity index (χ2v) is 3.61. The topological polar surface area (TPSA) is 81.2 Å². The molecule has 2 heterocycles. The van der Waals surface area contributed by atoms with Crippen LogP contribution < -0.4 is 16.3 Å². The number of aromatic nitrogens is 2. The van der Waals surface area contributed by atoms with Crippen LogP contribution in [0.4, 0.5) is 5.95 Å². The van der Waals surface area contributed by atoms with Gasteiger partial charge in [-0.05, 0) is 12.1 Å². The van der Waals surface area contributed by atoms with Crippen molar-refractivity contribution in [1.82, 2.24) is 9.97 Å². The Morgan fingerprint density at radius 3 is 2.76 bits per heavy atom. The number of carbonyl (C=O) groups excluding carboxylic acids is 1. The molecule has 1 amide bonds. The van der Waals surface area contributed by atoms with Crippen LogP contribution in [0.25, 0.3) is 5.57 Å². The van der Waals surface area contributed by atoms with Crippen molar-refractivity contribution < 1.29 is 4.79 Å². The lowest BCUT2D eigenvalue weighted by atomic mass is 10.1. The van der Waals surface area contributed by atoms with Crippen molar-refractivity contribution in [2.24, 2.45) is 4.99 Å². The summed E-state index contributed by atoms with van der Waals surface area (Å²) in [5, 5.41) is 1.46. The van der Waals surface area contributed by atoms with Gasteiger partial charge in [-0.15, -0.1) is 0 Å². The molecular weight excluding hydrogens is 216 g/mol. The van der Waals surface area contributed by atoms with E-state index in [0.29, 0.717) is 16.6 Å². The first-order valence-electron chi connectivity index (χ1n) is 5.07. The number of benzene rings is 1. The summed E-state index contributed by atoms with van der Waals surface area (Å²) in [6, 6.07) is 8.99. The number of fused-ring (bicyclic) bond motifs is 1. The predicted molar refractivity (Wildman–Crippen MR) is 61.2 cm³/mol. The molecule has 0 fully saturated rings. The number of hydrogen-bond donors (Lipinski definition) is 1. The van der Waals surface area contributed by atoms with Crippen LogP contribution >= 0.6 is 0 Å². The molecule has 3 rings (SSSR count). The highest BCUT2D eigenvalue weighted by atomic mass is 16.1. The van der Waals surface area contributed by atoms with Gasteiger partial charge in [0.05, 0.1) is 16.6 Å². The van der Waals surface area contributed by atoms with E-state index in [2.05, 4.69) is 15.0 Å². The number of amides is 1. The van der Waals surface area contributed by atoms with Crippen molar-refractivity contribution in [2.75, 3.05) is 5.73 Å². The van der Waals surface area contributed by atoms with Crippen LogP contribution in [-0.2, 0) is 4.79 Å². The molecule has 0 saturated heterocycles. The quantitative estimate of drug-likeness (QED) is 0.702. The molecular formula is C12H8N4O. The zero-order chi connectivity index (χ0) is 11.8. The van der Waals surface area contributed by atoms with Gasteiger partial charge in [0, 0.05) is 11.4 Å². The Morgan fingerprint density at radius 2 is 1.94 bits per heavy atom. The van der Waals surface area contributed by atoms with E-state index in [1.807, 2.05) is 18.2 Å². The largest absolute Gasteiger partial charge is 0.368 e. The molecule has 0 bridgehead atoms. The van der Waals surface area contributed by atoms with E-state index >= 15 is 0 Å². The number of nitrogens with zero attached hydrogens (tertiary/aromatic N) is 3. The molecule has 0 saturated carbocycles. The Balaban J connectivity index is 2.37. The number of para-hydroxylation sites is 1. The molecule has 0 unspecified atom stereocenters. The molecule has 0 aliphatic carbocycles. The second kappa shape index (κ2) is 3.48. The third-order valence-electron chi connectivity index (χ3n) is 2.54. The number of carbonyl (C=O) groups is 1. The normalized spacial score (nSPS) is 13.4. The second-order valence-electron chi connectivity index (χ2n) is 3.61. The SMILES string of the molecule is Nc1nccc(C2=c3ccccc3=NC2=O)n1. The van der Waals surface area contributed by atoms with Crippen LogP contribution in [0, 0.1) is 0 Å². The maximum absolute atomic E-state index is 11.8. The Hall–Kier alpha value is -2.56. The van der Waals surface area contributed by atoms with Gasteiger partial charge in [-0.3, -0.25) is 4.79 Å². The van der Waals surface area contributed by atoms with E-state index in [4.69, 9.17) is 5.73 Å². The number of nitrogen functional groups attached to an aromatic ring is 1. The highest BCUT2D eigenvalue weighted by Crippen LogP contribution is 2.11. The van der Waals surface area contributed by atoms with Gasteiger partial charge < -0.3 is 5.73 Å². The standard InChI is InChI=1S/C12H8N4O/c13-12-14-6-5-9(16-12)10-7-3-1-2-4-8(7)15-11(10)17/h1-6H,(H2,13,14,16). The van der Waals surface area contributed by atoms with E-state index in [0.717, 1.165) is 5.22 Å². The van der Waals surface area contributed by atoms with Gasteiger partial charge in [-0.2, -0.15) is 0 Å². The highest BCUT2D eigenvalue weighted by molar-refractivity contribution is 6.20. The minimum absolute atomic E-state index is 0.146. The number of hydrogen-bond acceptors (Lipinski definition) is 4. The fourth-order valence-corrected chi connectivity index (χ4v) is 1.82. The first-order chi connectivity index (χ1) is 8.25. The van der Waals surface area contributed by atoms with Crippen LogP contribution in [0.5, 0.6) is 0 Å². The van der Waals surface area contributed by atoms with Crippen LogP contribution in [-0.4, -0.2) is 15.9 Å². The van der Waals surface area contributed by atoms with E-state index in [9.17, 15) is 4.79 Å². The minimum Gasteiger partial charge on any atom is -0.368 e. The van der Waals surface area contributed by atoms with E-state index < -0.39 is 0 Å².